The summed E-state index contributed by atoms with van der Waals surface area (Å²) in [6.45, 7) is 3.52. The molecule has 0 aliphatic rings. The number of ketones is 1. The molecule has 1 aromatic heterocycles. The minimum Gasteiger partial charge on any atom is -0.493 e. The topological polar surface area (TPSA) is 91.7 Å². The largest absolute Gasteiger partial charge is 0.493 e. The molecule has 0 atom stereocenters. The van der Waals surface area contributed by atoms with Crippen LogP contribution in [0.25, 0.3) is 0 Å². The van der Waals surface area contributed by atoms with E-state index in [0.717, 1.165) is 5.56 Å². The van der Waals surface area contributed by atoms with Crippen molar-refractivity contribution in [1.29, 1.82) is 0 Å². The standard InChI is InChI=1S/C18H23N3O5/c1-11-14(12(2)22)9-21(20-11)10-17(23)19-8-13-6-15(24-3)18(26-5)16(7-13)25-4/h6-7,9H,8,10H2,1-5H3,(H,19,23). The zero-order chi connectivity index (χ0) is 19.3. The molecule has 1 amide bonds. The summed E-state index contributed by atoms with van der Waals surface area (Å²) in [5.74, 6) is 1.23. The summed E-state index contributed by atoms with van der Waals surface area (Å²) in [5, 5.41) is 6.99. The number of hydrogen-bond acceptors (Lipinski definition) is 6. The predicted molar refractivity (Wildman–Crippen MR) is 94.9 cm³/mol. The Balaban J connectivity index is 2.05. The van der Waals surface area contributed by atoms with Gasteiger partial charge in [0.1, 0.15) is 6.54 Å². The van der Waals surface area contributed by atoms with E-state index in [1.54, 1.807) is 25.3 Å². The summed E-state index contributed by atoms with van der Waals surface area (Å²) in [6, 6.07) is 3.54. The average molecular weight is 361 g/mol. The van der Waals surface area contributed by atoms with E-state index in [2.05, 4.69) is 10.4 Å². The van der Waals surface area contributed by atoms with Crippen molar-refractivity contribution in [2.75, 3.05) is 21.3 Å². The molecule has 1 aromatic carbocycles. The Morgan fingerprint density at radius 1 is 1.12 bits per heavy atom. The maximum absolute atomic E-state index is 12.2. The van der Waals surface area contributed by atoms with E-state index in [9.17, 15) is 9.59 Å². The van der Waals surface area contributed by atoms with Crippen molar-refractivity contribution in [1.82, 2.24) is 15.1 Å². The highest BCUT2D eigenvalue weighted by atomic mass is 16.5. The average Bonchev–Trinajstić information content (AvgIpc) is 2.99. The highest BCUT2D eigenvalue weighted by Gasteiger charge is 2.14. The first-order chi connectivity index (χ1) is 12.4. The van der Waals surface area contributed by atoms with Crippen LogP contribution in [-0.4, -0.2) is 42.8 Å². The van der Waals surface area contributed by atoms with Crippen LogP contribution in [-0.2, 0) is 17.9 Å². The molecule has 2 rings (SSSR count). The van der Waals surface area contributed by atoms with Gasteiger partial charge in [0.2, 0.25) is 11.7 Å². The van der Waals surface area contributed by atoms with Crippen molar-refractivity contribution < 1.29 is 23.8 Å². The lowest BCUT2D eigenvalue weighted by Gasteiger charge is -2.14. The second-order valence-corrected chi connectivity index (χ2v) is 5.69. The van der Waals surface area contributed by atoms with Gasteiger partial charge < -0.3 is 19.5 Å². The summed E-state index contributed by atoms with van der Waals surface area (Å²) >= 11 is 0. The number of carbonyl (C=O) groups is 2. The van der Waals surface area contributed by atoms with Gasteiger partial charge in [-0.2, -0.15) is 5.10 Å². The predicted octanol–water partition coefficient (Wildman–Crippen LogP) is 1.74. The summed E-state index contributed by atoms with van der Waals surface area (Å²) in [7, 11) is 4.60. The molecule has 26 heavy (non-hydrogen) atoms. The Morgan fingerprint density at radius 3 is 2.19 bits per heavy atom. The van der Waals surface area contributed by atoms with Gasteiger partial charge in [0.25, 0.3) is 0 Å². The van der Waals surface area contributed by atoms with E-state index in [1.807, 2.05) is 0 Å². The van der Waals surface area contributed by atoms with Crippen LogP contribution in [0, 0.1) is 6.92 Å². The number of nitrogens with zero attached hydrogens (tertiary/aromatic N) is 2. The number of aromatic nitrogens is 2. The van der Waals surface area contributed by atoms with Gasteiger partial charge in [0.05, 0.1) is 32.6 Å². The van der Waals surface area contributed by atoms with Crippen molar-refractivity contribution in [2.45, 2.75) is 26.9 Å². The third-order valence-corrected chi connectivity index (χ3v) is 3.85. The lowest BCUT2D eigenvalue weighted by atomic mass is 10.1. The SMILES string of the molecule is COc1cc(CNC(=O)Cn2cc(C(C)=O)c(C)n2)cc(OC)c1OC. The summed E-state index contributed by atoms with van der Waals surface area (Å²) in [4.78, 5) is 23.6. The number of methoxy groups -OCH3 is 3. The highest BCUT2D eigenvalue weighted by molar-refractivity contribution is 5.94. The molecule has 0 spiro atoms. The molecule has 0 fully saturated rings. The summed E-state index contributed by atoms with van der Waals surface area (Å²) in [5.41, 5.74) is 1.92. The minimum absolute atomic E-state index is 0.0263. The first-order valence-corrected chi connectivity index (χ1v) is 8.00. The van der Waals surface area contributed by atoms with Gasteiger partial charge >= 0.3 is 0 Å². The van der Waals surface area contributed by atoms with Crippen LogP contribution in [0.3, 0.4) is 0 Å². The summed E-state index contributed by atoms with van der Waals surface area (Å²) in [6.07, 6.45) is 1.58. The molecule has 140 valence electrons. The molecule has 0 radical (unpaired) electrons. The molecule has 1 heterocycles. The van der Waals surface area contributed by atoms with E-state index in [4.69, 9.17) is 14.2 Å². The molecule has 0 bridgehead atoms. The molecule has 2 aromatic rings. The van der Waals surface area contributed by atoms with Crippen LogP contribution in [0.15, 0.2) is 18.3 Å². The molecule has 0 saturated heterocycles. The van der Waals surface area contributed by atoms with E-state index in [1.165, 1.54) is 32.9 Å². The number of hydrogen-bond donors (Lipinski definition) is 1. The third kappa shape index (κ3) is 4.33. The fourth-order valence-corrected chi connectivity index (χ4v) is 2.59. The van der Waals surface area contributed by atoms with Crippen molar-refractivity contribution in [2.24, 2.45) is 0 Å². The van der Waals surface area contributed by atoms with Crippen LogP contribution in [0.5, 0.6) is 17.2 Å². The maximum atomic E-state index is 12.2. The molecular weight excluding hydrogens is 338 g/mol. The zero-order valence-corrected chi connectivity index (χ0v) is 15.6. The third-order valence-electron chi connectivity index (χ3n) is 3.85. The second-order valence-electron chi connectivity index (χ2n) is 5.69. The van der Waals surface area contributed by atoms with Gasteiger partial charge in [-0.1, -0.05) is 0 Å². The molecule has 8 heteroatoms. The Hall–Kier alpha value is -3.03. The lowest BCUT2D eigenvalue weighted by molar-refractivity contribution is -0.122. The Labute approximate surface area is 152 Å². The van der Waals surface area contributed by atoms with Crippen LogP contribution in [0.2, 0.25) is 0 Å². The minimum atomic E-state index is -0.226. The first kappa shape index (κ1) is 19.3. The summed E-state index contributed by atoms with van der Waals surface area (Å²) < 4.78 is 17.3. The van der Waals surface area contributed by atoms with E-state index >= 15 is 0 Å². The monoisotopic (exact) mass is 361 g/mol. The van der Waals surface area contributed by atoms with Crippen LogP contribution in [0.1, 0.15) is 28.5 Å². The molecule has 0 saturated carbocycles. The second kappa shape index (κ2) is 8.37. The Bertz CT molecular complexity index is 788. The van der Waals surface area contributed by atoms with Crippen molar-refractivity contribution in [3.05, 3.63) is 35.2 Å². The van der Waals surface area contributed by atoms with Gasteiger partial charge in [-0.25, -0.2) is 0 Å². The molecule has 0 aliphatic heterocycles. The number of amides is 1. The van der Waals surface area contributed by atoms with Gasteiger partial charge in [-0.05, 0) is 31.5 Å². The van der Waals surface area contributed by atoms with Crippen LogP contribution in [0.4, 0.5) is 0 Å². The number of rotatable bonds is 8. The fourth-order valence-electron chi connectivity index (χ4n) is 2.59. The van der Waals surface area contributed by atoms with Gasteiger partial charge in [-0.15, -0.1) is 0 Å². The van der Waals surface area contributed by atoms with Crippen molar-refractivity contribution >= 4 is 11.7 Å². The molecular formula is C18H23N3O5. The number of Topliss-reactive ketones (excluding diaryl/α,β-unsaturated/α-hetero) is 1. The number of nitrogens with one attached hydrogen (secondary N) is 1. The number of carbonyl (C=O) groups excluding carboxylic acids is 2. The Morgan fingerprint density at radius 2 is 1.73 bits per heavy atom. The van der Waals surface area contributed by atoms with Gasteiger partial charge in [0.15, 0.2) is 17.3 Å². The number of aryl methyl sites for hydroxylation is 1. The normalized spacial score (nSPS) is 10.3. The lowest BCUT2D eigenvalue weighted by Crippen LogP contribution is -2.27. The van der Waals surface area contributed by atoms with Crippen LogP contribution < -0.4 is 19.5 Å². The Kier molecular flexibility index (Phi) is 6.21. The van der Waals surface area contributed by atoms with Crippen LogP contribution >= 0.6 is 0 Å². The van der Waals surface area contributed by atoms with Crippen molar-refractivity contribution in [3.63, 3.8) is 0 Å². The molecule has 1 N–H and O–H groups in total. The van der Waals surface area contributed by atoms with Gasteiger partial charge in [0, 0.05) is 12.7 Å². The van der Waals surface area contributed by atoms with Crippen molar-refractivity contribution in [3.8, 4) is 17.2 Å². The van der Waals surface area contributed by atoms with E-state index in [0.29, 0.717) is 28.5 Å². The van der Waals surface area contributed by atoms with E-state index < -0.39 is 0 Å². The molecule has 8 nitrogen and oxygen atoms in total. The maximum Gasteiger partial charge on any atom is 0.241 e. The molecule has 0 unspecified atom stereocenters. The van der Waals surface area contributed by atoms with E-state index in [-0.39, 0.29) is 24.8 Å². The highest BCUT2D eigenvalue weighted by Crippen LogP contribution is 2.38. The fraction of sp³-hybridized carbons (Fsp3) is 0.389. The van der Waals surface area contributed by atoms with Gasteiger partial charge in [-0.3, -0.25) is 14.3 Å². The zero-order valence-electron chi connectivity index (χ0n) is 15.6. The first-order valence-electron chi connectivity index (χ1n) is 8.00. The quantitative estimate of drug-likeness (QED) is 0.720. The molecule has 0 aliphatic carbocycles. The number of benzene rings is 1. The smallest absolute Gasteiger partial charge is 0.241 e. The number of ether oxygens (including phenoxy) is 3.